The van der Waals surface area contributed by atoms with Crippen LogP contribution in [0.15, 0.2) is 29.2 Å². The zero-order valence-corrected chi connectivity index (χ0v) is 13.0. The SMILES string of the molecule is CSc1ccc([C@H](C)NC(=O)N2CCC(C(=O)O)C2)cc1. The lowest BCUT2D eigenvalue weighted by molar-refractivity contribution is -0.141. The van der Waals surface area contributed by atoms with Crippen LogP contribution in [-0.4, -0.2) is 41.4 Å². The van der Waals surface area contributed by atoms with E-state index in [2.05, 4.69) is 5.32 Å². The first-order valence-corrected chi connectivity index (χ1v) is 8.16. The topological polar surface area (TPSA) is 69.6 Å². The van der Waals surface area contributed by atoms with E-state index in [1.165, 1.54) is 4.90 Å². The molecule has 0 radical (unpaired) electrons. The Morgan fingerprint density at radius 3 is 2.57 bits per heavy atom. The number of carbonyl (C=O) groups excluding carboxylic acids is 1. The summed E-state index contributed by atoms with van der Waals surface area (Å²) in [4.78, 5) is 25.8. The summed E-state index contributed by atoms with van der Waals surface area (Å²) in [6.45, 7) is 2.72. The summed E-state index contributed by atoms with van der Waals surface area (Å²) in [6.07, 6.45) is 2.55. The lowest BCUT2D eigenvalue weighted by atomic mass is 10.1. The summed E-state index contributed by atoms with van der Waals surface area (Å²) in [5.41, 5.74) is 1.04. The quantitative estimate of drug-likeness (QED) is 0.839. The molecule has 2 amide bonds. The number of thioether (sulfide) groups is 1. The number of hydrogen-bond donors (Lipinski definition) is 2. The summed E-state index contributed by atoms with van der Waals surface area (Å²) in [5, 5.41) is 11.9. The molecule has 0 spiro atoms. The predicted molar refractivity (Wildman–Crippen MR) is 82.5 cm³/mol. The predicted octanol–water partition coefficient (Wildman–Crippen LogP) is 2.59. The molecule has 21 heavy (non-hydrogen) atoms. The van der Waals surface area contributed by atoms with E-state index in [4.69, 9.17) is 5.11 Å². The van der Waals surface area contributed by atoms with Crippen molar-refractivity contribution in [2.75, 3.05) is 19.3 Å². The van der Waals surface area contributed by atoms with Crippen LogP contribution in [0.5, 0.6) is 0 Å². The van der Waals surface area contributed by atoms with Gasteiger partial charge in [-0.3, -0.25) is 4.79 Å². The van der Waals surface area contributed by atoms with Crippen molar-refractivity contribution in [3.63, 3.8) is 0 Å². The number of nitrogens with zero attached hydrogens (tertiary/aromatic N) is 1. The maximum Gasteiger partial charge on any atom is 0.317 e. The lowest BCUT2D eigenvalue weighted by Gasteiger charge is -2.21. The van der Waals surface area contributed by atoms with Crippen LogP contribution in [-0.2, 0) is 4.79 Å². The van der Waals surface area contributed by atoms with Crippen LogP contribution in [0.1, 0.15) is 24.9 Å². The number of carboxylic acids is 1. The Morgan fingerprint density at radius 1 is 1.38 bits per heavy atom. The van der Waals surface area contributed by atoms with Gasteiger partial charge in [0.2, 0.25) is 0 Å². The summed E-state index contributed by atoms with van der Waals surface area (Å²) < 4.78 is 0. The van der Waals surface area contributed by atoms with Crippen molar-refractivity contribution in [3.05, 3.63) is 29.8 Å². The highest BCUT2D eigenvalue weighted by Gasteiger charge is 2.31. The largest absolute Gasteiger partial charge is 0.481 e. The Kier molecular flexibility index (Phi) is 5.12. The Balaban J connectivity index is 1.91. The van der Waals surface area contributed by atoms with Crippen molar-refractivity contribution < 1.29 is 14.7 Å². The van der Waals surface area contributed by atoms with Crippen molar-refractivity contribution in [2.45, 2.75) is 24.3 Å². The maximum atomic E-state index is 12.1. The molecule has 6 heteroatoms. The third kappa shape index (κ3) is 3.91. The first-order valence-electron chi connectivity index (χ1n) is 6.93. The van der Waals surface area contributed by atoms with Crippen molar-refractivity contribution in [1.82, 2.24) is 10.2 Å². The van der Waals surface area contributed by atoms with Crippen LogP contribution in [0.2, 0.25) is 0 Å². The number of nitrogens with one attached hydrogen (secondary N) is 1. The molecule has 0 aliphatic carbocycles. The van der Waals surface area contributed by atoms with Crippen molar-refractivity contribution in [3.8, 4) is 0 Å². The van der Waals surface area contributed by atoms with Gasteiger partial charge < -0.3 is 15.3 Å². The van der Waals surface area contributed by atoms with Crippen molar-refractivity contribution >= 4 is 23.8 Å². The van der Waals surface area contributed by atoms with Gasteiger partial charge in [-0.2, -0.15) is 0 Å². The second-order valence-electron chi connectivity index (χ2n) is 5.21. The molecular weight excluding hydrogens is 288 g/mol. The minimum atomic E-state index is -0.828. The van der Waals surface area contributed by atoms with E-state index < -0.39 is 11.9 Å². The summed E-state index contributed by atoms with van der Waals surface area (Å²) in [5.74, 6) is -1.27. The van der Waals surface area contributed by atoms with E-state index in [-0.39, 0.29) is 12.1 Å². The first-order chi connectivity index (χ1) is 10.0. The third-order valence-corrected chi connectivity index (χ3v) is 4.52. The van der Waals surface area contributed by atoms with Crippen LogP contribution in [0.4, 0.5) is 4.79 Å². The van der Waals surface area contributed by atoms with Gasteiger partial charge in [-0.1, -0.05) is 12.1 Å². The minimum Gasteiger partial charge on any atom is -0.481 e. The van der Waals surface area contributed by atoms with E-state index >= 15 is 0 Å². The zero-order valence-electron chi connectivity index (χ0n) is 12.2. The van der Waals surface area contributed by atoms with Crippen molar-refractivity contribution in [1.29, 1.82) is 0 Å². The standard InChI is InChI=1S/C15H20N2O3S/c1-10(11-3-5-13(21-2)6-4-11)16-15(20)17-8-7-12(9-17)14(18)19/h3-6,10,12H,7-9H2,1-2H3,(H,16,20)(H,18,19)/t10-,12?/m0/s1. The molecule has 1 fully saturated rings. The number of rotatable bonds is 4. The summed E-state index contributed by atoms with van der Waals surface area (Å²) in [6, 6.07) is 7.76. The fourth-order valence-corrected chi connectivity index (χ4v) is 2.81. The molecule has 0 aromatic heterocycles. The van der Waals surface area contributed by atoms with Gasteiger partial charge in [0.15, 0.2) is 0 Å². The number of hydrogen-bond acceptors (Lipinski definition) is 3. The molecule has 0 bridgehead atoms. The Labute approximate surface area is 128 Å². The maximum absolute atomic E-state index is 12.1. The highest BCUT2D eigenvalue weighted by Crippen LogP contribution is 2.20. The molecule has 1 heterocycles. The van der Waals surface area contributed by atoms with Crippen LogP contribution in [0.25, 0.3) is 0 Å². The molecule has 1 unspecified atom stereocenters. The van der Waals surface area contributed by atoms with Crippen LogP contribution in [0, 0.1) is 5.92 Å². The van der Waals surface area contributed by atoms with Gasteiger partial charge in [0.25, 0.3) is 0 Å². The van der Waals surface area contributed by atoms with Gasteiger partial charge in [-0.25, -0.2) is 4.79 Å². The molecular formula is C15H20N2O3S. The van der Waals surface area contributed by atoms with E-state index in [1.807, 2.05) is 37.4 Å². The average molecular weight is 308 g/mol. The lowest BCUT2D eigenvalue weighted by Crippen LogP contribution is -2.40. The van der Waals surface area contributed by atoms with E-state index in [1.54, 1.807) is 16.7 Å². The molecule has 5 nitrogen and oxygen atoms in total. The molecule has 1 aromatic rings. The Hall–Kier alpha value is -1.69. The van der Waals surface area contributed by atoms with Crippen LogP contribution < -0.4 is 5.32 Å². The fraction of sp³-hybridized carbons (Fsp3) is 0.467. The summed E-state index contributed by atoms with van der Waals surface area (Å²) >= 11 is 1.68. The smallest absolute Gasteiger partial charge is 0.317 e. The molecule has 1 aliphatic rings. The van der Waals surface area contributed by atoms with E-state index in [0.29, 0.717) is 19.5 Å². The molecule has 1 aromatic carbocycles. The fourth-order valence-electron chi connectivity index (χ4n) is 2.40. The number of carboxylic acid groups (broad SMARTS) is 1. The third-order valence-electron chi connectivity index (χ3n) is 3.78. The van der Waals surface area contributed by atoms with Gasteiger partial charge >= 0.3 is 12.0 Å². The van der Waals surface area contributed by atoms with E-state index in [0.717, 1.165) is 5.56 Å². The second-order valence-corrected chi connectivity index (χ2v) is 6.09. The molecule has 1 saturated heterocycles. The Morgan fingerprint density at radius 2 is 2.05 bits per heavy atom. The van der Waals surface area contributed by atoms with Crippen LogP contribution in [0.3, 0.4) is 0 Å². The van der Waals surface area contributed by atoms with Gasteiger partial charge in [0.05, 0.1) is 12.0 Å². The van der Waals surface area contributed by atoms with Crippen LogP contribution >= 0.6 is 11.8 Å². The zero-order chi connectivity index (χ0) is 15.4. The van der Waals surface area contributed by atoms with Gasteiger partial charge in [-0.15, -0.1) is 11.8 Å². The molecule has 2 N–H and O–H groups in total. The monoisotopic (exact) mass is 308 g/mol. The van der Waals surface area contributed by atoms with Gasteiger partial charge in [0.1, 0.15) is 0 Å². The number of aliphatic carboxylic acids is 1. The molecule has 0 saturated carbocycles. The molecule has 2 rings (SSSR count). The number of amides is 2. The minimum absolute atomic E-state index is 0.0997. The van der Waals surface area contributed by atoms with Gasteiger partial charge in [-0.05, 0) is 37.3 Å². The normalized spacial score (nSPS) is 19.3. The number of urea groups is 1. The number of benzene rings is 1. The summed E-state index contributed by atoms with van der Waals surface area (Å²) in [7, 11) is 0. The molecule has 114 valence electrons. The highest BCUT2D eigenvalue weighted by atomic mass is 32.2. The molecule has 2 atom stereocenters. The number of likely N-dealkylation sites (tertiary alicyclic amines) is 1. The first kappa shape index (κ1) is 15.7. The molecule has 1 aliphatic heterocycles. The van der Waals surface area contributed by atoms with E-state index in [9.17, 15) is 9.59 Å². The Bertz CT molecular complexity index is 518. The highest BCUT2D eigenvalue weighted by molar-refractivity contribution is 7.98. The van der Waals surface area contributed by atoms with Crippen molar-refractivity contribution in [2.24, 2.45) is 5.92 Å². The van der Waals surface area contributed by atoms with Gasteiger partial charge in [0, 0.05) is 18.0 Å². The number of carbonyl (C=O) groups is 2. The average Bonchev–Trinajstić information content (AvgIpc) is 2.97. The second kappa shape index (κ2) is 6.85.